The van der Waals surface area contributed by atoms with Crippen molar-refractivity contribution in [3.05, 3.63) is 64.1 Å². The molecule has 0 fully saturated rings. The summed E-state index contributed by atoms with van der Waals surface area (Å²) in [5.41, 5.74) is 0.620. The summed E-state index contributed by atoms with van der Waals surface area (Å²) in [6, 6.07) is 11.2. The summed E-state index contributed by atoms with van der Waals surface area (Å²) in [7, 11) is 0. The summed E-state index contributed by atoms with van der Waals surface area (Å²) in [6.45, 7) is 2.72. The molecule has 0 saturated heterocycles. The lowest BCUT2D eigenvalue weighted by molar-refractivity contribution is 0.545. The SMILES string of the molecule is CCNC(CSc1cccc(F)c1)c1cc(Br)ccc1F. The molecule has 0 heterocycles. The van der Waals surface area contributed by atoms with Crippen molar-refractivity contribution in [3.8, 4) is 0 Å². The quantitative estimate of drug-likeness (QED) is 0.702. The van der Waals surface area contributed by atoms with Crippen LogP contribution in [0.15, 0.2) is 51.8 Å². The van der Waals surface area contributed by atoms with E-state index in [1.807, 2.05) is 13.0 Å². The second-order valence-electron chi connectivity index (χ2n) is 4.54. The van der Waals surface area contributed by atoms with Gasteiger partial charge >= 0.3 is 0 Å². The van der Waals surface area contributed by atoms with Gasteiger partial charge in [-0.2, -0.15) is 0 Å². The molecule has 0 bridgehead atoms. The first-order valence-corrected chi connectivity index (χ1v) is 8.44. The van der Waals surface area contributed by atoms with Crippen molar-refractivity contribution >= 4 is 27.7 Å². The topological polar surface area (TPSA) is 12.0 Å². The Kier molecular flexibility index (Phi) is 6.21. The van der Waals surface area contributed by atoms with Crippen LogP contribution in [0.5, 0.6) is 0 Å². The molecule has 0 aromatic heterocycles. The summed E-state index contributed by atoms with van der Waals surface area (Å²) >= 11 is 4.88. The van der Waals surface area contributed by atoms with Gasteiger partial charge in [0.1, 0.15) is 11.6 Å². The number of thioether (sulfide) groups is 1. The molecule has 1 N–H and O–H groups in total. The van der Waals surface area contributed by atoms with E-state index in [4.69, 9.17) is 0 Å². The highest BCUT2D eigenvalue weighted by molar-refractivity contribution is 9.10. The predicted octanol–water partition coefficient (Wildman–Crippen LogP) is 5.17. The lowest BCUT2D eigenvalue weighted by Gasteiger charge is -2.19. The fourth-order valence-electron chi connectivity index (χ4n) is 2.02. The monoisotopic (exact) mass is 371 g/mol. The van der Waals surface area contributed by atoms with Gasteiger partial charge in [-0.1, -0.05) is 28.9 Å². The highest BCUT2D eigenvalue weighted by Gasteiger charge is 2.15. The average Bonchev–Trinajstić information content (AvgIpc) is 2.46. The van der Waals surface area contributed by atoms with Crippen LogP contribution in [-0.4, -0.2) is 12.3 Å². The highest BCUT2D eigenvalue weighted by Crippen LogP contribution is 2.28. The number of benzene rings is 2. The molecular formula is C16H16BrF2NS. The van der Waals surface area contributed by atoms with Crippen molar-refractivity contribution in [1.82, 2.24) is 5.32 Å². The van der Waals surface area contributed by atoms with Crippen LogP contribution in [0.1, 0.15) is 18.5 Å². The minimum Gasteiger partial charge on any atom is -0.309 e. The molecule has 21 heavy (non-hydrogen) atoms. The molecule has 0 amide bonds. The third-order valence-electron chi connectivity index (χ3n) is 3.00. The van der Waals surface area contributed by atoms with Crippen molar-refractivity contribution in [2.24, 2.45) is 0 Å². The Morgan fingerprint density at radius 1 is 1.19 bits per heavy atom. The second-order valence-corrected chi connectivity index (χ2v) is 6.55. The Hall–Kier alpha value is -0.910. The van der Waals surface area contributed by atoms with Gasteiger partial charge in [0.2, 0.25) is 0 Å². The normalized spacial score (nSPS) is 12.4. The van der Waals surface area contributed by atoms with Crippen molar-refractivity contribution in [2.45, 2.75) is 17.9 Å². The Bertz CT molecular complexity index is 607. The molecule has 5 heteroatoms. The van der Waals surface area contributed by atoms with E-state index in [1.165, 1.54) is 30.0 Å². The second kappa shape index (κ2) is 7.92. The fourth-order valence-corrected chi connectivity index (χ4v) is 3.43. The van der Waals surface area contributed by atoms with Gasteiger partial charge in [-0.15, -0.1) is 11.8 Å². The van der Waals surface area contributed by atoms with Crippen LogP contribution < -0.4 is 5.32 Å². The molecule has 1 atom stereocenters. The van der Waals surface area contributed by atoms with E-state index in [2.05, 4.69) is 21.2 Å². The van der Waals surface area contributed by atoms with Gasteiger partial charge in [0.15, 0.2) is 0 Å². The van der Waals surface area contributed by atoms with Crippen LogP contribution in [0.3, 0.4) is 0 Å². The maximum Gasteiger partial charge on any atom is 0.128 e. The van der Waals surface area contributed by atoms with E-state index < -0.39 is 0 Å². The van der Waals surface area contributed by atoms with Crippen LogP contribution >= 0.6 is 27.7 Å². The summed E-state index contributed by atoms with van der Waals surface area (Å²) < 4.78 is 28.0. The van der Waals surface area contributed by atoms with Crippen LogP contribution in [0.25, 0.3) is 0 Å². The molecule has 0 aliphatic heterocycles. The molecule has 0 radical (unpaired) electrons. The Morgan fingerprint density at radius 2 is 2.00 bits per heavy atom. The maximum atomic E-state index is 14.0. The maximum absolute atomic E-state index is 14.0. The third kappa shape index (κ3) is 4.80. The molecule has 2 aromatic carbocycles. The van der Waals surface area contributed by atoms with E-state index in [0.29, 0.717) is 11.3 Å². The van der Waals surface area contributed by atoms with Crippen LogP contribution in [0.2, 0.25) is 0 Å². The van der Waals surface area contributed by atoms with Crippen LogP contribution in [-0.2, 0) is 0 Å². The number of halogens is 3. The fraction of sp³-hybridized carbons (Fsp3) is 0.250. The van der Waals surface area contributed by atoms with Gasteiger partial charge in [0.05, 0.1) is 0 Å². The summed E-state index contributed by atoms with van der Waals surface area (Å²) in [5, 5.41) is 3.28. The van der Waals surface area contributed by atoms with E-state index >= 15 is 0 Å². The molecule has 2 aromatic rings. The average molecular weight is 372 g/mol. The summed E-state index contributed by atoms with van der Waals surface area (Å²) in [4.78, 5) is 0.841. The van der Waals surface area contributed by atoms with Crippen molar-refractivity contribution in [1.29, 1.82) is 0 Å². The van der Waals surface area contributed by atoms with Crippen molar-refractivity contribution in [2.75, 3.05) is 12.3 Å². The van der Waals surface area contributed by atoms with E-state index in [-0.39, 0.29) is 17.7 Å². The highest BCUT2D eigenvalue weighted by atomic mass is 79.9. The van der Waals surface area contributed by atoms with Gasteiger partial charge in [-0.25, -0.2) is 8.78 Å². The van der Waals surface area contributed by atoms with Crippen molar-refractivity contribution < 1.29 is 8.78 Å². The first kappa shape index (κ1) is 16.5. The van der Waals surface area contributed by atoms with Gasteiger partial charge < -0.3 is 5.32 Å². The van der Waals surface area contributed by atoms with Gasteiger partial charge in [0.25, 0.3) is 0 Å². The van der Waals surface area contributed by atoms with E-state index in [0.717, 1.165) is 15.9 Å². The summed E-state index contributed by atoms with van der Waals surface area (Å²) in [5.74, 6) is 0.141. The third-order valence-corrected chi connectivity index (χ3v) is 4.58. The Balaban J connectivity index is 2.13. The molecule has 1 nitrogen and oxygen atoms in total. The number of rotatable bonds is 6. The summed E-state index contributed by atoms with van der Waals surface area (Å²) in [6.07, 6.45) is 0. The van der Waals surface area contributed by atoms with E-state index in [9.17, 15) is 8.78 Å². The Labute approximate surface area is 136 Å². The first-order valence-electron chi connectivity index (χ1n) is 6.67. The lowest BCUT2D eigenvalue weighted by Crippen LogP contribution is -2.24. The van der Waals surface area contributed by atoms with Crippen LogP contribution in [0.4, 0.5) is 8.78 Å². The molecular weight excluding hydrogens is 356 g/mol. The molecule has 0 saturated carbocycles. The lowest BCUT2D eigenvalue weighted by atomic mass is 10.1. The molecule has 2 rings (SSSR count). The largest absolute Gasteiger partial charge is 0.309 e. The van der Waals surface area contributed by atoms with Crippen molar-refractivity contribution in [3.63, 3.8) is 0 Å². The number of hydrogen-bond donors (Lipinski definition) is 1. The van der Waals surface area contributed by atoms with Crippen LogP contribution in [0, 0.1) is 11.6 Å². The minimum atomic E-state index is -0.256. The smallest absolute Gasteiger partial charge is 0.128 e. The zero-order chi connectivity index (χ0) is 15.2. The minimum absolute atomic E-state index is 0.124. The molecule has 1 unspecified atom stereocenters. The standard InChI is InChI=1S/C16H16BrF2NS/c1-2-20-16(14-8-11(17)6-7-15(14)19)10-21-13-5-3-4-12(18)9-13/h3-9,16,20H,2,10H2,1H3. The molecule has 0 spiro atoms. The molecule has 0 aliphatic carbocycles. The predicted molar refractivity (Wildman–Crippen MR) is 87.6 cm³/mol. The molecule has 112 valence electrons. The van der Waals surface area contributed by atoms with Gasteiger partial charge in [0, 0.05) is 26.7 Å². The van der Waals surface area contributed by atoms with Gasteiger partial charge in [-0.05, 0) is 42.9 Å². The van der Waals surface area contributed by atoms with Gasteiger partial charge in [-0.3, -0.25) is 0 Å². The number of nitrogens with one attached hydrogen (secondary N) is 1. The Morgan fingerprint density at radius 3 is 2.71 bits per heavy atom. The zero-order valence-corrected chi connectivity index (χ0v) is 14.0. The first-order chi connectivity index (χ1) is 10.1. The molecule has 0 aliphatic rings. The zero-order valence-electron chi connectivity index (χ0n) is 11.6. The number of hydrogen-bond acceptors (Lipinski definition) is 2. The van der Waals surface area contributed by atoms with E-state index in [1.54, 1.807) is 18.2 Å².